The van der Waals surface area contributed by atoms with Gasteiger partial charge in [0.2, 0.25) is 10.0 Å². The third kappa shape index (κ3) is 3.83. The fraction of sp³-hybridized carbons (Fsp3) is 0.250. The van der Waals surface area contributed by atoms with E-state index >= 15 is 0 Å². The van der Waals surface area contributed by atoms with Gasteiger partial charge in [0.15, 0.2) is 0 Å². The highest BCUT2D eigenvalue weighted by Crippen LogP contribution is 2.32. The molecule has 4 rings (SSSR count). The Morgan fingerprint density at radius 1 is 1.21 bits per heavy atom. The third-order valence-corrected chi connectivity index (χ3v) is 6.66. The van der Waals surface area contributed by atoms with Gasteiger partial charge >= 0.3 is 0 Å². The predicted molar refractivity (Wildman–Crippen MR) is 105 cm³/mol. The lowest BCUT2D eigenvalue weighted by Crippen LogP contribution is -2.31. The van der Waals surface area contributed by atoms with Gasteiger partial charge in [0.1, 0.15) is 10.7 Å². The molecule has 0 radical (unpaired) electrons. The Balaban J connectivity index is 1.60. The zero-order valence-corrected chi connectivity index (χ0v) is 16.5. The highest BCUT2D eigenvalue weighted by Gasteiger charge is 2.29. The Hall–Kier alpha value is -2.22. The average Bonchev–Trinajstić information content (AvgIpc) is 3.06. The first-order valence-corrected chi connectivity index (χ1v) is 10.9. The van der Waals surface area contributed by atoms with Crippen LogP contribution in [0.2, 0.25) is 5.02 Å². The van der Waals surface area contributed by atoms with Gasteiger partial charge in [-0.25, -0.2) is 17.5 Å². The number of nitrogens with one attached hydrogen (secondary N) is 1. The molecule has 3 aromatic rings. The number of benzene rings is 2. The smallest absolute Gasteiger partial charge is 0.244 e. The standard InChI is InChI=1S/C20H19ClFN3O2S/c21-15-9-10-20(17(22)11-15)28(26,27)24-18-7-4-8-19-16(18)12-23-25(19)13-14-5-2-1-3-6-14/h1-3,5-6,9-12,18,24H,4,7-8,13H2. The van der Waals surface area contributed by atoms with Crippen LogP contribution in [0.5, 0.6) is 0 Å². The van der Waals surface area contributed by atoms with Gasteiger partial charge < -0.3 is 0 Å². The minimum Gasteiger partial charge on any atom is -0.265 e. The average molecular weight is 420 g/mol. The van der Waals surface area contributed by atoms with Crippen molar-refractivity contribution in [3.63, 3.8) is 0 Å². The van der Waals surface area contributed by atoms with Crippen molar-refractivity contribution < 1.29 is 12.8 Å². The Labute approximate surface area is 168 Å². The monoisotopic (exact) mass is 419 g/mol. The maximum atomic E-state index is 14.1. The molecule has 0 amide bonds. The lowest BCUT2D eigenvalue weighted by atomic mass is 9.94. The Morgan fingerprint density at radius 2 is 2.00 bits per heavy atom. The summed E-state index contributed by atoms with van der Waals surface area (Å²) in [6, 6.07) is 13.1. The van der Waals surface area contributed by atoms with Crippen LogP contribution in [0.25, 0.3) is 0 Å². The molecule has 1 N–H and O–H groups in total. The van der Waals surface area contributed by atoms with E-state index in [1.165, 1.54) is 12.1 Å². The van der Waals surface area contributed by atoms with Crippen LogP contribution in [0.3, 0.4) is 0 Å². The van der Waals surface area contributed by atoms with Crippen molar-refractivity contribution in [3.05, 3.63) is 82.4 Å². The van der Waals surface area contributed by atoms with E-state index < -0.39 is 26.8 Å². The number of sulfonamides is 1. The maximum absolute atomic E-state index is 14.1. The first-order valence-electron chi connectivity index (χ1n) is 9.00. The summed E-state index contributed by atoms with van der Waals surface area (Å²) in [5, 5.41) is 4.62. The van der Waals surface area contributed by atoms with E-state index in [2.05, 4.69) is 9.82 Å². The molecule has 28 heavy (non-hydrogen) atoms. The second kappa shape index (κ2) is 7.66. The number of hydrogen-bond acceptors (Lipinski definition) is 3. The molecule has 0 fully saturated rings. The fourth-order valence-electron chi connectivity index (χ4n) is 3.58. The van der Waals surface area contributed by atoms with Crippen LogP contribution < -0.4 is 4.72 Å². The van der Waals surface area contributed by atoms with Crippen LogP contribution in [0, 0.1) is 5.82 Å². The van der Waals surface area contributed by atoms with E-state index in [0.29, 0.717) is 13.0 Å². The van der Waals surface area contributed by atoms with Crippen LogP contribution in [-0.4, -0.2) is 18.2 Å². The summed E-state index contributed by atoms with van der Waals surface area (Å²) in [7, 11) is -4.02. The number of nitrogens with zero attached hydrogens (tertiary/aromatic N) is 2. The van der Waals surface area contributed by atoms with Crippen LogP contribution in [0.4, 0.5) is 4.39 Å². The number of aromatic nitrogens is 2. The minimum atomic E-state index is -4.02. The van der Waals surface area contributed by atoms with Gasteiger partial charge in [-0.15, -0.1) is 0 Å². The van der Waals surface area contributed by atoms with E-state index in [1.807, 2.05) is 35.0 Å². The Kier molecular flexibility index (Phi) is 5.23. The second-order valence-corrected chi connectivity index (χ2v) is 8.95. The van der Waals surface area contributed by atoms with Crippen molar-refractivity contribution in [2.24, 2.45) is 0 Å². The minimum absolute atomic E-state index is 0.151. The topological polar surface area (TPSA) is 64.0 Å². The molecule has 1 atom stereocenters. The summed E-state index contributed by atoms with van der Waals surface area (Å²) in [5.74, 6) is -0.865. The molecular weight excluding hydrogens is 401 g/mol. The van der Waals surface area contributed by atoms with E-state index in [4.69, 9.17) is 11.6 Å². The normalized spacial score (nSPS) is 16.7. The third-order valence-electron chi connectivity index (χ3n) is 4.92. The predicted octanol–water partition coefficient (Wildman–Crippen LogP) is 4.08. The summed E-state index contributed by atoms with van der Waals surface area (Å²) in [4.78, 5) is -0.402. The molecule has 146 valence electrons. The van der Waals surface area contributed by atoms with E-state index in [9.17, 15) is 12.8 Å². The molecule has 5 nitrogen and oxygen atoms in total. The molecule has 1 unspecified atom stereocenters. The zero-order chi connectivity index (χ0) is 19.7. The molecule has 8 heteroatoms. The van der Waals surface area contributed by atoms with Crippen molar-refractivity contribution in [2.75, 3.05) is 0 Å². The number of fused-ring (bicyclic) bond motifs is 1. The quantitative estimate of drug-likeness (QED) is 0.677. The van der Waals surface area contributed by atoms with Gasteiger partial charge in [0, 0.05) is 16.3 Å². The van der Waals surface area contributed by atoms with Crippen LogP contribution >= 0.6 is 11.6 Å². The molecule has 1 heterocycles. The largest absolute Gasteiger partial charge is 0.265 e. The van der Waals surface area contributed by atoms with Crippen LogP contribution in [0.15, 0.2) is 59.6 Å². The van der Waals surface area contributed by atoms with Gasteiger partial charge in [-0.1, -0.05) is 41.9 Å². The summed E-state index contributed by atoms with van der Waals surface area (Å²) in [5.41, 5.74) is 2.99. The Bertz CT molecular complexity index is 1100. The fourth-order valence-corrected chi connectivity index (χ4v) is 5.05. The Morgan fingerprint density at radius 3 is 2.75 bits per heavy atom. The van der Waals surface area contributed by atoms with E-state index in [1.54, 1.807) is 6.20 Å². The molecule has 1 aromatic heterocycles. The highest BCUT2D eigenvalue weighted by atomic mass is 35.5. The van der Waals surface area contributed by atoms with Crippen molar-refractivity contribution in [1.82, 2.24) is 14.5 Å². The van der Waals surface area contributed by atoms with Gasteiger partial charge in [0.05, 0.1) is 18.8 Å². The van der Waals surface area contributed by atoms with Crippen molar-refractivity contribution in [2.45, 2.75) is 36.7 Å². The maximum Gasteiger partial charge on any atom is 0.244 e. The first-order chi connectivity index (χ1) is 13.4. The SMILES string of the molecule is O=S(=O)(NC1CCCc2c1cnn2Cc1ccccc1)c1ccc(Cl)cc1F. The molecule has 0 aliphatic heterocycles. The van der Waals surface area contributed by atoms with E-state index in [-0.39, 0.29) is 5.02 Å². The number of hydrogen-bond donors (Lipinski definition) is 1. The number of rotatable bonds is 5. The highest BCUT2D eigenvalue weighted by molar-refractivity contribution is 7.89. The van der Waals surface area contributed by atoms with Gasteiger partial charge in [0.25, 0.3) is 0 Å². The van der Waals surface area contributed by atoms with Crippen LogP contribution in [0.1, 0.15) is 35.7 Å². The molecule has 0 saturated carbocycles. The lowest BCUT2D eigenvalue weighted by molar-refractivity contribution is 0.490. The van der Waals surface area contributed by atoms with Gasteiger partial charge in [-0.05, 0) is 43.0 Å². The zero-order valence-electron chi connectivity index (χ0n) is 15.0. The van der Waals surface area contributed by atoms with Crippen LogP contribution in [-0.2, 0) is 23.0 Å². The summed E-state index contributed by atoms with van der Waals surface area (Å²) < 4.78 is 44.1. The van der Waals surface area contributed by atoms with Gasteiger partial charge in [-0.3, -0.25) is 4.68 Å². The van der Waals surface area contributed by atoms with E-state index in [0.717, 1.165) is 35.7 Å². The summed E-state index contributed by atoms with van der Waals surface area (Å²) in [6.45, 7) is 0.626. The van der Waals surface area contributed by atoms with Crippen molar-refractivity contribution >= 4 is 21.6 Å². The lowest BCUT2D eigenvalue weighted by Gasteiger charge is -2.24. The molecule has 0 bridgehead atoms. The molecular formula is C20H19ClFN3O2S. The molecule has 1 aliphatic carbocycles. The van der Waals surface area contributed by atoms with Gasteiger partial charge in [-0.2, -0.15) is 5.10 Å². The molecule has 2 aromatic carbocycles. The molecule has 0 spiro atoms. The number of halogens is 2. The van der Waals surface area contributed by atoms with Crippen molar-refractivity contribution in [1.29, 1.82) is 0 Å². The summed E-state index contributed by atoms with van der Waals surface area (Å²) in [6.07, 6.45) is 4.00. The molecule has 0 saturated heterocycles. The molecule has 1 aliphatic rings. The summed E-state index contributed by atoms with van der Waals surface area (Å²) >= 11 is 5.73. The van der Waals surface area contributed by atoms with Crippen molar-refractivity contribution in [3.8, 4) is 0 Å². The second-order valence-electron chi connectivity index (χ2n) is 6.83. The first kappa shape index (κ1) is 19.1.